The lowest BCUT2D eigenvalue weighted by atomic mass is 9.80. The molecule has 10 aromatic carbocycles. The highest BCUT2D eigenvalue weighted by Gasteiger charge is 2.39. The number of ether oxygens (including phenoxy) is 2. The molecule has 0 saturated carbocycles. The van der Waals surface area contributed by atoms with E-state index in [-0.39, 0.29) is 112 Å². The minimum atomic E-state index is -5.67. The molecule has 50 heteroatoms. The number of ketones is 4. The number of hydrogen-bond acceptors (Lipinski definition) is 34. The van der Waals surface area contributed by atoms with Crippen LogP contribution in [-0.4, -0.2) is 175 Å². The Balaban J connectivity index is 0.756. The molecule has 44 nitrogen and oxygen atoms in total. The molecule has 132 heavy (non-hydrogen) atoms. The predicted octanol–water partition coefficient (Wildman–Crippen LogP) is 9.60. The standard InChI is InChI=1S/C82H56N14O30S6/c1-95-55-27-25-49(63-65(55)61(45-13-3-5-15-47(45)71(63)99)67(73(95)101)69(97)39-9-7-11-43(31-39)127(107,108)109)85-51-33-53(59(131(119,120)121)35-57(51)129(113,114)115)87-79-89-77(91-81(93-79)125-41-21-17-37(18-22-41)75(103)104)83-29-30-84-78-90-80(94-82(92-78)126-42-23-19-38(20-24-42)76(105)106)88-54-34-52(58(130(116,117)118)36-60(54)132(122,123)124)86-50-26-28-56-66-62(46-14-4-6-16-48(46)72(100)64(50)66)68(74(102)96(56)2)70(98)40-10-8-12-44(32-40)128(110,111)112/h3-28,31-36,85-86H,29-30H2,1-2H3,(H,103,104)(H,105,106)(H,107,108,109)(H,110,111,112)(H,113,114,115)(H,116,117,118)(H,119,120,121)(H,122,123,124)(H2,83,87,89,91,93)(H2,84,88,90,92,94). The van der Waals surface area contributed by atoms with Gasteiger partial charge in [0.05, 0.1) is 88.3 Å². The number of nitrogens with one attached hydrogen (secondary N) is 6. The average Bonchev–Trinajstić information content (AvgIpc) is 0.707. The van der Waals surface area contributed by atoms with Crippen LogP contribution in [0.5, 0.6) is 23.5 Å². The number of carbonyl (C=O) groups is 6. The van der Waals surface area contributed by atoms with Crippen molar-refractivity contribution in [3.63, 3.8) is 0 Å². The zero-order valence-corrected chi connectivity index (χ0v) is 71.4. The first-order valence-corrected chi connectivity index (χ1v) is 46.1. The second-order valence-corrected chi connectivity index (χ2v) is 37.1. The number of aryl methyl sites for hydroxylation is 2. The van der Waals surface area contributed by atoms with Gasteiger partial charge in [0.2, 0.25) is 23.8 Å². The number of carbonyl (C=O) groups excluding carboxylic acids is 4. The second kappa shape index (κ2) is 33.3. The first-order chi connectivity index (χ1) is 62.2. The minimum absolute atomic E-state index is 0.0140. The SMILES string of the molecule is Cn1c(=O)c(C(=O)c2cccc(S(=O)(=O)O)c2)c2c3c(c(Nc4cc(Nc5nc(NCCNc6nc(Nc7cc(Nc8ccc9c%10c8C(=O)c8ccccc8-c%10c(C(=O)c8cccc(S(=O)(=O)O)c8)c(=O)n9C)c(S(=O)(=O)O)cc7S(=O)(=O)O)nc(Oc7ccc(C(=O)O)cc7)n6)nc(Oc6ccc(C(=O)O)cc6)n5)c(S(=O)(=O)O)cc4S(=O)(=O)O)ccc31)C(=O)c1ccccc1-2. The number of carboxylic acids is 2. The Morgan fingerprint density at radius 3 is 0.985 bits per heavy atom. The normalized spacial score (nSPS) is 12.5. The van der Waals surface area contributed by atoms with E-state index in [2.05, 4.69) is 61.8 Å². The fourth-order valence-corrected chi connectivity index (χ4v) is 18.5. The van der Waals surface area contributed by atoms with Crippen LogP contribution in [0.15, 0.2) is 233 Å². The number of benzene rings is 10. The molecule has 0 unspecified atom stereocenters. The van der Waals surface area contributed by atoms with Crippen molar-refractivity contribution in [3.8, 4) is 45.8 Å². The van der Waals surface area contributed by atoms with Crippen LogP contribution in [0, 0.1) is 0 Å². The molecule has 0 spiro atoms. The summed E-state index contributed by atoms with van der Waals surface area (Å²) in [5, 5.41) is 35.2. The second-order valence-electron chi connectivity index (χ2n) is 28.7. The quantitative estimate of drug-likeness (QED) is 0.0118. The maximum atomic E-state index is 15.1. The smallest absolute Gasteiger partial charge is 0.335 e. The summed E-state index contributed by atoms with van der Waals surface area (Å²) in [6.45, 7) is -0.807. The summed E-state index contributed by atoms with van der Waals surface area (Å²) >= 11 is 0. The molecule has 0 radical (unpaired) electrons. The van der Waals surface area contributed by atoms with Gasteiger partial charge in [-0.25, -0.2) is 9.59 Å². The Morgan fingerprint density at radius 1 is 0.333 bits per heavy atom. The molecule has 14 N–H and O–H groups in total. The number of fused-ring (bicyclic) bond motifs is 4. The van der Waals surface area contributed by atoms with Crippen molar-refractivity contribution >= 4 is 176 Å². The zero-order valence-electron chi connectivity index (χ0n) is 66.5. The van der Waals surface area contributed by atoms with Crippen LogP contribution >= 0.6 is 0 Å². The fraction of sp³-hybridized carbons (Fsp3) is 0.0488. The van der Waals surface area contributed by atoms with E-state index in [4.69, 9.17) is 9.47 Å². The number of pyridine rings is 2. The molecule has 2 aliphatic rings. The van der Waals surface area contributed by atoms with E-state index in [9.17, 15) is 117 Å². The molecule has 4 aromatic heterocycles. The van der Waals surface area contributed by atoms with E-state index in [1.54, 1.807) is 0 Å². The maximum absolute atomic E-state index is 15.1. The molecule has 0 bridgehead atoms. The molecular weight excluding hydrogens is 1850 g/mol. The van der Waals surface area contributed by atoms with Gasteiger partial charge < -0.3 is 60.7 Å². The average molecular weight is 1910 g/mol. The highest BCUT2D eigenvalue weighted by molar-refractivity contribution is 7.87. The molecule has 0 amide bonds. The van der Waals surface area contributed by atoms with Gasteiger partial charge in [0.1, 0.15) is 31.1 Å². The van der Waals surface area contributed by atoms with Crippen LogP contribution in [0.3, 0.4) is 0 Å². The Labute approximate surface area is 740 Å². The van der Waals surface area contributed by atoms with Gasteiger partial charge in [0.15, 0.2) is 23.1 Å². The predicted molar refractivity (Wildman–Crippen MR) is 464 cm³/mol. The lowest BCUT2D eigenvalue weighted by Crippen LogP contribution is -2.29. The van der Waals surface area contributed by atoms with Crippen molar-refractivity contribution in [2.24, 2.45) is 14.1 Å². The van der Waals surface area contributed by atoms with Gasteiger partial charge in [-0.3, -0.25) is 56.1 Å². The molecule has 2 aliphatic carbocycles. The van der Waals surface area contributed by atoms with Crippen LogP contribution in [0.25, 0.3) is 44.1 Å². The molecule has 14 aromatic rings. The van der Waals surface area contributed by atoms with Gasteiger partial charge in [0, 0.05) is 71.3 Å². The first-order valence-electron chi connectivity index (χ1n) is 37.5. The van der Waals surface area contributed by atoms with Crippen molar-refractivity contribution in [1.29, 1.82) is 0 Å². The highest BCUT2D eigenvalue weighted by Crippen LogP contribution is 2.49. The largest absolute Gasteiger partial charge is 0.478 e. The molecular formula is C82H56N14O30S6. The summed E-state index contributed by atoms with van der Waals surface area (Å²) in [5.41, 5.74) is -9.70. The Bertz CT molecular complexity index is 7910. The molecule has 0 atom stereocenters. The molecule has 4 heterocycles. The molecule has 0 fully saturated rings. The van der Waals surface area contributed by atoms with E-state index in [0.29, 0.717) is 12.1 Å². The summed E-state index contributed by atoms with van der Waals surface area (Å²) in [6, 6.07) is 34.1. The number of carboxylic acid groups (broad SMARTS) is 2. The van der Waals surface area contributed by atoms with E-state index >= 15 is 9.59 Å². The monoisotopic (exact) mass is 1910 g/mol. The Hall–Kier alpha value is -15.9. The number of aromatic carboxylic acids is 2. The lowest BCUT2D eigenvalue weighted by Gasteiger charge is -2.26. The van der Waals surface area contributed by atoms with Crippen LogP contribution in [0.1, 0.15) is 84.4 Å². The van der Waals surface area contributed by atoms with E-state index in [0.717, 1.165) is 81.9 Å². The van der Waals surface area contributed by atoms with Crippen LogP contribution in [-0.2, 0) is 74.8 Å². The highest BCUT2D eigenvalue weighted by atomic mass is 32.2. The van der Waals surface area contributed by atoms with Crippen molar-refractivity contribution in [3.05, 3.63) is 270 Å². The number of aromatic nitrogens is 8. The summed E-state index contributed by atoms with van der Waals surface area (Å²) in [5.74, 6) is -9.36. The third-order valence-corrected chi connectivity index (χ3v) is 25.8. The van der Waals surface area contributed by atoms with Crippen molar-refractivity contribution in [2.75, 3.05) is 45.0 Å². The number of anilines is 10. The zero-order chi connectivity index (χ0) is 94.7. The summed E-state index contributed by atoms with van der Waals surface area (Å²) in [7, 11) is -30.0. The topological polar surface area (TPSA) is 681 Å². The van der Waals surface area contributed by atoms with E-state index in [1.807, 2.05) is 0 Å². The van der Waals surface area contributed by atoms with Gasteiger partial charge >= 0.3 is 24.0 Å². The van der Waals surface area contributed by atoms with E-state index in [1.165, 1.54) is 111 Å². The first kappa shape index (κ1) is 89.5. The third-order valence-electron chi connectivity index (χ3n) is 20.6. The Kier molecular flexibility index (Phi) is 22.6. The number of hydrogen-bond donors (Lipinski definition) is 14. The van der Waals surface area contributed by atoms with Crippen LogP contribution < -0.4 is 52.5 Å². The van der Waals surface area contributed by atoms with Crippen molar-refractivity contribution in [2.45, 2.75) is 29.4 Å². The lowest BCUT2D eigenvalue weighted by molar-refractivity contribution is 0.0686. The van der Waals surface area contributed by atoms with Gasteiger partial charge in [-0.05, 0) is 132 Å². The number of nitrogens with zero attached hydrogens (tertiary/aromatic N) is 8. The number of rotatable bonds is 29. The van der Waals surface area contributed by atoms with Gasteiger partial charge in [-0.2, -0.15) is 80.4 Å². The fourth-order valence-electron chi connectivity index (χ4n) is 14.7. The van der Waals surface area contributed by atoms with Crippen LogP contribution in [0.2, 0.25) is 0 Å². The summed E-state index contributed by atoms with van der Waals surface area (Å²) in [6.07, 6.45) is 0. The molecule has 670 valence electrons. The third kappa shape index (κ3) is 17.2. The molecule has 0 saturated heterocycles. The van der Waals surface area contributed by atoms with Crippen molar-refractivity contribution < 1.29 is 126 Å². The maximum Gasteiger partial charge on any atom is 0.335 e. The molecule has 0 aliphatic heterocycles. The minimum Gasteiger partial charge on any atom is -0.478 e. The van der Waals surface area contributed by atoms with Gasteiger partial charge in [0.25, 0.3) is 71.8 Å². The summed E-state index contributed by atoms with van der Waals surface area (Å²) in [4.78, 5) is 131. The van der Waals surface area contributed by atoms with Crippen molar-refractivity contribution in [1.82, 2.24) is 39.0 Å². The Morgan fingerprint density at radius 2 is 0.659 bits per heavy atom. The van der Waals surface area contributed by atoms with Crippen LogP contribution in [0.4, 0.5) is 57.9 Å². The molecule has 16 rings (SSSR count). The van der Waals surface area contributed by atoms with Gasteiger partial charge in [-0.15, -0.1) is 0 Å². The summed E-state index contributed by atoms with van der Waals surface area (Å²) < 4.78 is 234. The van der Waals surface area contributed by atoms with Gasteiger partial charge in [-0.1, -0.05) is 72.8 Å². The van der Waals surface area contributed by atoms with E-state index < -0.39 is 230 Å².